The molecule has 0 saturated carbocycles. The third-order valence-corrected chi connectivity index (χ3v) is 13.5. The number of hydrogen-bond acceptors (Lipinski definition) is 0. The average molecular weight is 893 g/mol. The second-order valence-corrected chi connectivity index (χ2v) is 18.2. The number of hydrogen-bond donors (Lipinski definition) is 0. The fourth-order valence-corrected chi connectivity index (χ4v) is 9.90. The van der Waals surface area contributed by atoms with Crippen molar-refractivity contribution in [2.24, 2.45) is 0 Å². The van der Waals surface area contributed by atoms with E-state index in [-0.39, 0.29) is 0 Å². The molecule has 2 nitrogen and oxygen atoms in total. The van der Waals surface area contributed by atoms with Crippen LogP contribution in [-0.4, -0.2) is 0 Å². The highest BCUT2D eigenvalue weighted by Gasteiger charge is 2.20. The fraction of sp³-hybridized carbons (Fsp3) is 0.134. The maximum atomic E-state index is 2.37. The van der Waals surface area contributed by atoms with Crippen LogP contribution in [0.1, 0.15) is 44.9 Å². The zero-order valence-corrected chi connectivity index (χ0v) is 39.5. The monoisotopic (exact) mass is 892 g/mol. The molecule has 0 aliphatic carbocycles. The molecular weight excluding hydrogens is 833 g/mol. The van der Waals surface area contributed by atoms with Crippen LogP contribution in [0.5, 0.6) is 0 Å². The van der Waals surface area contributed by atoms with Crippen molar-refractivity contribution < 1.29 is 9.13 Å². The summed E-state index contributed by atoms with van der Waals surface area (Å²) in [4.78, 5) is 0. The molecular formula is C67H60N2+2. The topological polar surface area (TPSA) is 7.76 Å². The molecule has 2 heterocycles. The van der Waals surface area contributed by atoms with Gasteiger partial charge in [-0.3, -0.25) is 0 Å². The van der Waals surface area contributed by atoms with Gasteiger partial charge in [0.2, 0.25) is 0 Å². The summed E-state index contributed by atoms with van der Waals surface area (Å²) in [6.07, 6.45) is 17.9. The van der Waals surface area contributed by atoms with Gasteiger partial charge in [0.1, 0.15) is 13.1 Å². The highest BCUT2D eigenvalue weighted by atomic mass is 14.9. The number of rotatable bonds is 18. The largest absolute Gasteiger partial charge is 0.205 e. The maximum Gasteiger partial charge on any atom is 0.169 e. The Morgan fingerprint density at radius 1 is 0.203 bits per heavy atom. The zero-order valence-electron chi connectivity index (χ0n) is 39.5. The van der Waals surface area contributed by atoms with Gasteiger partial charge in [-0.05, 0) is 126 Å². The van der Waals surface area contributed by atoms with Crippen molar-refractivity contribution in [1.29, 1.82) is 0 Å². The lowest BCUT2D eigenvalue weighted by molar-refractivity contribution is -0.697. The Hall–Kier alpha value is -7.94. The van der Waals surface area contributed by atoms with Crippen LogP contribution < -0.4 is 9.13 Å². The quantitative estimate of drug-likeness (QED) is 0.0599. The summed E-state index contributed by atoms with van der Waals surface area (Å²) in [5.74, 6) is 0. The minimum absolute atomic E-state index is 1.04. The van der Waals surface area contributed by atoms with Gasteiger partial charge in [-0.1, -0.05) is 201 Å². The van der Waals surface area contributed by atoms with E-state index in [0.717, 1.165) is 13.1 Å². The van der Waals surface area contributed by atoms with Gasteiger partial charge in [0.15, 0.2) is 24.8 Å². The van der Waals surface area contributed by atoms with Crippen LogP contribution in [0.3, 0.4) is 0 Å². The van der Waals surface area contributed by atoms with E-state index in [0.29, 0.717) is 0 Å². The van der Waals surface area contributed by atoms with Crippen molar-refractivity contribution in [3.63, 3.8) is 0 Å². The Balaban J connectivity index is 0.750. The molecule has 0 unspecified atom stereocenters. The Labute approximate surface area is 409 Å². The first kappa shape index (κ1) is 44.9. The summed E-state index contributed by atoms with van der Waals surface area (Å²) in [6.45, 7) is 2.07. The number of aromatic nitrogens is 2. The van der Waals surface area contributed by atoms with Crippen LogP contribution in [-0.2, 0) is 13.1 Å². The molecule has 10 rings (SSSR count). The van der Waals surface area contributed by atoms with Crippen LogP contribution >= 0.6 is 0 Å². The van der Waals surface area contributed by atoms with E-state index in [1.54, 1.807) is 0 Å². The molecule has 0 fully saturated rings. The van der Waals surface area contributed by atoms with Gasteiger partial charge in [0.25, 0.3) is 0 Å². The van der Waals surface area contributed by atoms with Crippen molar-refractivity contribution in [3.05, 3.63) is 255 Å². The molecule has 2 aromatic heterocycles. The first-order valence-electron chi connectivity index (χ1n) is 24.9. The van der Waals surface area contributed by atoms with Gasteiger partial charge < -0.3 is 0 Å². The van der Waals surface area contributed by atoms with Gasteiger partial charge in [-0.2, -0.15) is 0 Å². The van der Waals surface area contributed by atoms with Crippen LogP contribution in [0.25, 0.3) is 89.0 Å². The number of aryl methyl sites for hydroxylation is 2. The van der Waals surface area contributed by atoms with Gasteiger partial charge in [-0.25, -0.2) is 9.13 Å². The predicted octanol–water partition coefficient (Wildman–Crippen LogP) is 17.0. The van der Waals surface area contributed by atoms with E-state index < -0.39 is 0 Å². The van der Waals surface area contributed by atoms with E-state index in [2.05, 4.69) is 264 Å². The van der Waals surface area contributed by atoms with Crippen LogP contribution in [0.2, 0.25) is 0 Å². The number of unbranched alkanes of at least 4 members (excludes halogenated alkanes) is 6. The molecule has 8 aromatic carbocycles. The molecule has 0 amide bonds. The van der Waals surface area contributed by atoms with E-state index in [1.165, 1.54) is 134 Å². The second-order valence-electron chi connectivity index (χ2n) is 18.2. The van der Waals surface area contributed by atoms with Crippen molar-refractivity contribution in [3.8, 4) is 89.0 Å². The molecule has 0 atom stereocenters. The molecule has 0 saturated heterocycles. The third-order valence-electron chi connectivity index (χ3n) is 13.5. The maximum absolute atomic E-state index is 2.37. The Kier molecular flexibility index (Phi) is 14.5. The minimum Gasteiger partial charge on any atom is -0.205 e. The Bertz CT molecular complexity index is 2830. The van der Waals surface area contributed by atoms with Gasteiger partial charge >= 0.3 is 0 Å². The normalized spacial score (nSPS) is 11.1. The predicted molar refractivity (Wildman–Crippen MR) is 289 cm³/mol. The van der Waals surface area contributed by atoms with Crippen molar-refractivity contribution in [2.45, 2.75) is 58.0 Å². The summed E-state index contributed by atoms with van der Waals surface area (Å²) in [6, 6.07) is 83.7. The summed E-state index contributed by atoms with van der Waals surface area (Å²) in [5, 5.41) is 0. The SMILES string of the molecule is c1ccc(-c2cc(-c3ccccc3)c(-c3cc[n+](CCCCCCCCC[n+]4ccc(-c5c(-c6ccccc6)cc(-c6ccccc6)cc5-c5ccccc5)cc4)cc3)c(-c3ccccc3)c2)cc1. The summed E-state index contributed by atoms with van der Waals surface area (Å²) in [5.41, 5.74) is 19.8. The lowest BCUT2D eigenvalue weighted by atomic mass is 9.85. The first-order valence-corrected chi connectivity index (χ1v) is 24.9. The zero-order chi connectivity index (χ0) is 46.5. The number of benzene rings is 8. The summed E-state index contributed by atoms with van der Waals surface area (Å²) in [7, 11) is 0. The van der Waals surface area contributed by atoms with E-state index >= 15 is 0 Å². The number of pyridine rings is 2. The Morgan fingerprint density at radius 3 is 0.696 bits per heavy atom. The molecule has 0 N–H and O–H groups in total. The summed E-state index contributed by atoms with van der Waals surface area (Å²) >= 11 is 0. The standard InChI is InChI=1S/C67H60N2/c1(2-4-24-42-68-44-38-58(39-45-68)66-62(54-30-16-8-17-31-54)48-60(52-26-12-6-13-27-52)49-63(66)55-32-18-9-19-33-55)3-5-25-43-69-46-40-59(41-47-69)67-64(56-34-20-10-21-35-56)50-61(53-28-14-7-15-29-53)51-65(67)57-36-22-11-23-37-57/h6-23,26-41,44-51H,1-5,24-25,42-43H2/q+2. The van der Waals surface area contributed by atoms with Crippen LogP contribution in [0, 0.1) is 0 Å². The lowest BCUT2D eigenvalue weighted by Gasteiger charge is -2.19. The molecule has 336 valence electrons. The molecule has 2 heteroatoms. The highest BCUT2D eigenvalue weighted by Crippen LogP contribution is 2.45. The van der Waals surface area contributed by atoms with Crippen LogP contribution in [0.4, 0.5) is 0 Å². The molecule has 0 aliphatic heterocycles. The third kappa shape index (κ3) is 10.9. The van der Waals surface area contributed by atoms with E-state index in [9.17, 15) is 0 Å². The van der Waals surface area contributed by atoms with Gasteiger partial charge in [0, 0.05) is 37.1 Å². The lowest BCUT2D eigenvalue weighted by Crippen LogP contribution is -2.32. The van der Waals surface area contributed by atoms with Crippen molar-refractivity contribution >= 4 is 0 Å². The van der Waals surface area contributed by atoms with E-state index in [4.69, 9.17) is 0 Å². The molecule has 0 bridgehead atoms. The average Bonchev–Trinajstić information content (AvgIpc) is 3.43. The molecule has 0 aliphatic rings. The molecule has 10 aromatic rings. The molecule has 0 radical (unpaired) electrons. The Morgan fingerprint density at radius 2 is 0.435 bits per heavy atom. The molecule has 69 heavy (non-hydrogen) atoms. The smallest absolute Gasteiger partial charge is 0.169 e. The number of nitrogens with zero attached hydrogens (tertiary/aromatic N) is 2. The fourth-order valence-electron chi connectivity index (χ4n) is 9.90. The second kappa shape index (κ2) is 22.2. The summed E-state index contributed by atoms with van der Waals surface area (Å²) < 4.78 is 4.72. The van der Waals surface area contributed by atoms with Crippen LogP contribution in [0.15, 0.2) is 255 Å². The van der Waals surface area contributed by atoms with Gasteiger partial charge in [0.05, 0.1) is 0 Å². The first-order chi connectivity index (χ1) is 34.2. The van der Waals surface area contributed by atoms with E-state index in [1.807, 2.05) is 0 Å². The van der Waals surface area contributed by atoms with Crippen molar-refractivity contribution in [2.75, 3.05) is 0 Å². The van der Waals surface area contributed by atoms with Crippen molar-refractivity contribution in [1.82, 2.24) is 0 Å². The highest BCUT2D eigenvalue weighted by molar-refractivity contribution is 5.99. The molecule has 0 spiro atoms. The van der Waals surface area contributed by atoms with Gasteiger partial charge in [-0.15, -0.1) is 0 Å². The minimum atomic E-state index is 1.04.